The molecular formula is C28H30N6O2. The second-order valence-electron chi connectivity index (χ2n) is 9.09. The molecule has 2 saturated heterocycles. The minimum atomic E-state index is 0.733. The van der Waals surface area contributed by atoms with Gasteiger partial charge in [-0.15, -0.1) is 0 Å². The van der Waals surface area contributed by atoms with Crippen LogP contribution in [-0.2, 0) is 9.47 Å². The van der Waals surface area contributed by atoms with Crippen molar-refractivity contribution >= 4 is 33.7 Å². The van der Waals surface area contributed by atoms with Gasteiger partial charge >= 0.3 is 0 Å². The zero-order valence-electron chi connectivity index (χ0n) is 20.5. The van der Waals surface area contributed by atoms with Crippen LogP contribution in [-0.4, -0.2) is 67.6 Å². The summed E-state index contributed by atoms with van der Waals surface area (Å²) in [6, 6.07) is 14.7. The molecule has 0 atom stereocenters. The maximum atomic E-state index is 5.63. The Labute approximate surface area is 210 Å². The number of anilines is 4. The molecule has 4 aromatic rings. The van der Waals surface area contributed by atoms with Crippen molar-refractivity contribution in [2.45, 2.75) is 6.92 Å². The molecule has 8 heteroatoms. The van der Waals surface area contributed by atoms with Crippen molar-refractivity contribution in [2.24, 2.45) is 0 Å². The van der Waals surface area contributed by atoms with E-state index >= 15 is 0 Å². The van der Waals surface area contributed by atoms with Crippen molar-refractivity contribution in [3.05, 3.63) is 66.6 Å². The van der Waals surface area contributed by atoms with E-state index < -0.39 is 0 Å². The van der Waals surface area contributed by atoms with Gasteiger partial charge in [0.15, 0.2) is 0 Å². The molecule has 2 aliphatic heterocycles. The zero-order valence-corrected chi connectivity index (χ0v) is 20.5. The number of nitrogens with zero attached hydrogens (tertiary/aromatic N) is 5. The topological polar surface area (TPSA) is 75.6 Å². The number of pyridine rings is 3. The molecule has 0 bridgehead atoms. The molecular weight excluding hydrogens is 452 g/mol. The van der Waals surface area contributed by atoms with E-state index in [9.17, 15) is 0 Å². The van der Waals surface area contributed by atoms with Crippen LogP contribution < -0.4 is 15.1 Å². The third-order valence-electron chi connectivity index (χ3n) is 6.91. The van der Waals surface area contributed by atoms with Crippen LogP contribution in [0.1, 0.15) is 5.56 Å². The van der Waals surface area contributed by atoms with Crippen molar-refractivity contribution in [1.29, 1.82) is 0 Å². The molecule has 1 N–H and O–H groups in total. The van der Waals surface area contributed by atoms with E-state index in [2.05, 4.69) is 50.2 Å². The number of hydrogen-bond acceptors (Lipinski definition) is 8. The van der Waals surface area contributed by atoms with Crippen LogP contribution in [0.4, 0.5) is 22.7 Å². The number of benzene rings is 1. The van der Waals surface area contributed by atoms with Crippen LogP contribution in [0.2, 0.25) is 0 Å². The van der Waals surface area contributed by atoms with Crippen LogP contribution in [0.3, 0.4) is 0 Å². The number of rotatable bonds is 5. The molecule has 0 aliphatic carbocycles. The van der Waals surface area contributed by atoms with Gasteiger partial charge in [0.25, 0.3) is 0 Å². The molecule has 3 aromatic heterocycles. The molecule has 6 rings (SSSR count). The first-order valence-corrected chi connectivity index (χ1v) is 12.5. The molecule has 0 unspecified atom stereocenters. The summed E-state index contributed by atoms with van der Waals surface area (Å²) in [6.07, 6.45) is 5.45. The fraction of sp³-hybridized carbons (Fsp3) is 0.321. The molecule has 2 aliphatic rings. The monoisotopic (exact) mass is 482 g/mol. The van der Waals surface area contributed by atoms with Gasteiger partial charge in [0.05, 0.1) is 66.6 Å². The number of hydrogen-bond donors (Lipinski definition) is 1. The van der Waals surface area contributed by atoms with E-state index in [1.165, 1.54) is 11.4 Å². The van der Waals surface area contributed by atoms with Crippen LogP contribution in [0.15, 0.2) is 61.1 Å². The highest BCUT2D eigenvalue weighted by molar-refractivity contribution is 5.98. The highest BCUT2D eigenvalue weighted by Crippen LogP contribution is 2.39. The number of nitrogens with one attached hydrogen (secondary N) is 1. The summed E-state index contributed by atoms with van der Waals surface area (Å²) in [5.41, 5.74) is 8.06. The lowest BCUT2D eigenvalue weighted by molar-refractivity contribution is 0.122. The Morgan fingerprint density at radius 3 is 2.39 bits per heavy atom. The lowest BCUT2D eigenvalue weighted by atomic mass is 10.0. The summed E-state index contributed by atoms with van der Waals surface area (Å²) in [6.45, 7) is 8.60. The van der Waals surface area contributed by atoms with Gasteiger partial charge in [0.2, 0.25) is 0 Å². The van der Waals surface area contributed by atoms with E-state index in [1.54, 1.807) is 6.20 Å². The van der Waals surface area contributed by atoms with Gasteiger partial charge in [-0.05, 0) is 43.3 Å². The first kappa shape index (κ1) is 22.7. The van der Waals surface area contributed by atoms with Crippen molar-refractivity contribution in [3.63, 3.8) is 0 Å². The first-order chi connectivity index (χ1) is 17.8. The molecule has 0 saturated carbocycles. The normalized spacial score (nSPS) is 16.4. The fourth-order valence-electron chi connectivity index (χ4n) is 4.98. The third kappa shape index (κ3) is 4.45. The highest BCUT2D eigenvalue weighted by atomic mass is 16.5. The summed E-state index contributed by atoms with van der Waals surface area (Å²) in [5, 5.41) is 4.87. The molecule has 0 spiro atoms. The van der Waals surface area contributed by atoms with Crippen LogP contribution >= 0.6 is 0 Å². The average Bonchev–Trinajstić information content (AvgIpc) is 2.96. The second kappa shape index (κ2) is 10.1. The Morgan fingerprint density at radius 2 is 1.64 bits per heavy atom. The average molecular weight is 483 g/mol. The Bertz CT molecular complexity index is 1350. The molecule has 184 valence electrons. The fourth-order valence-corrected chi connectivity index (χ4v) is 4.98. The Morgan fingerprint density at radius 1 is 0.861 bits per heavy atom. The number of morpholine rings is 2. The van der Waals surface area contributed by atoms with E-state index in [0.29, 0.717) is 0 Å². The number of fused-ring (bicyclic) bond motifs is 1. The van der Waals surface area contributed by atoms with Crippen LogP contribution in [0.5, 0.6) is 0 Å². The number of aromatic nitrogens is 3. The lowest BCUT2D eigenvalue weighted by Crippen LogP contribution is -2.37. The highest BCUT2D eigenvalue weighted by Gasteiger charge is 2.21. The van der Waals surface area contributed by atoms with Gasteiger partial charge in [0.1, 0.15) is 0 Å². The van der Waals surface area contributed by atoms with E-state index in [1.807, 2.05) is 36.7 Å². The Balaban J connectivity index is 1.48. The molecule has 0 amide bonds. The first-order valence-electron chi connectivity index (χ1n) is 12.5. The molecule has 5 heterocycles. The summed E-state index contributed by atoms with van der Waals surface area (Å²) >= 11 is 0. The minimum Gasteiger partial charge on any atom is -0.378 e. The van der Waals surface area contributed by atoms with Crippen molar-refractivity contribution < 1.29 is 9.47 Å². The SMILES string of the molecule is Cc1c(-c2ccccn2)nc2cnccc2c1Nc1cc(N2CCOCC2)ccc1N1CCOCC1. The smallest absolute Gasteiger partial charge is 0.0944 e. The lowest BCUT2D eigenvalue weighted by Gasteiger charge is -2.33. The quantitative estimate of drug-likeness (QED) is 0.448. The third-order valence-corrected chi connectivity index (χ3v) is 6.91. The molecule has 36 heavy (non-hydrogen) atoms. The molecule has 8 nitrogen and oxygen atoms in total. The van der Waals surface area contributed by atoms with E-state index in [0.717, 1.165) is 91.8 Å². The van der Waals surface area contributed by atoms with Gasteiger partial charge in [-0.2, -0.15) is 0 Å². The predicted octanol–water partition coefficient (Wildman–Crippen LogP) is 4.42. The van der Waals surface area contributed by atoms with Gasteiger partial charge < -0.3 is 24.6 Å². The largest absolute Gasteiger partial charge is 0.378 e. The van der Waals surface area contributed by atoms with Crippen LogP contribution in [0.25, 0.3) is 22.3 Å². The zero-order chi connectivity index (χ0) is 24.3. The Kier molecular flexibility index (Phi) is 6.36. The predicted molar refractivity (Wildman–Crippen MR) is 143 cm³/mol. The summed E-state index contributed by atoms with van der Waals surface area (Å²) in [4.78, 5) is 18.6. The maximum absolute atomic E-state index is 5.63. The summed E-state index contributed by atoms with van der Waals surface area (Å²) in [7, 11) is 0. The van der Waals surface area contributed by atoms with E-state index in [-0.39, 0.29) is 0 Å². The van der Waals surface area contributed by atoms with E-state index in [4.69, 9.17) is 14.5 Å². The van der Waals surface area contributed by atoms with Crippen molar-refractivity contribution in [3.8, 4) is 11.4 Å². The summed E-state index contributed by atoms with van der Waals surface area (Å²) in [5.74, 6) is 0. The van der Waals surface area contributed by atoms with Gasteiger partial charge in [0, 0.05) is 55.2 Å². The number of ether oxygens (including phenoxy) is 2. The minimum absolute atomic E-state index is 0.733. The Hall–Kier alpha value is -3.75. The standard InChI is InChI=1S/C28H30N6O2/c1-20-27(22-7-9-29-19-25(22)32-28(20)23-4-2-3-8-30-23)31-24-18-21(33-10-14-35-15-11-33)5-6-26(24)34-12-16-36-17-13-34/h2-9,18-19H,10-17H2,1H3,(H,31,32). The second-order valence-corrected chi connectivity index (χ2v) is 9.09. The van der Waals surface area contributed by atoms with Gasteiger partial charge in [-0.1, -0.05) is 6.07 Å². The van der Waals surface area contributed by atoms with Crippen molar-refractivity contribution in [2.75, 3.05) is 67.7 Å². The molecule has 1 aromatic carbocycles. The van der Waals surface area contributed by atoms with Crippen molar-refractivity contribution in [1.82, 2.24) is 15.0 Å². The van der Waals surface area contributed by atoms with Gasteiger partial charge in [-0.3, -0.25) is 9.97 Å². The molecule has 0 radical (unpaired) electrons. The summed E-state index contributed by atoms with van der Waals surface area (Å²) < 4.78 is 11.2. The van der Waals surface area contributed by atoms with Crippen LogP contribution in [0, 0.1) is 6.92 Å². The van der Waals surface area contributed by atoms with Gasteiger partial charge in [-0.25, -0.2) is 4.98 Å². The molecule has 2 fully saturated rings. The maximum Gasteiger partial charge on any atom is 0.0944 e.